The fourth-order valence-electron chi connectivity index (χ4n) is 8.02. The van der Waals surface area contributed by atoms with E-state index in [9.17, 15) is 14.4 Å². The number of ether oxygens (including phenoxy) is 3. The van der Waals surface area contributed by atoms with Crippen molar-refractivity contribution in [3.05, 3.63) is 60.8 Å². The molecule has 0 aromatic carbocycles. The lowest BCUT2D eigenvalue weighted by atomic mass is 10.0. The van der Waals surface area contributed by atoms with Gasteiger partial charge in [-0.3, -0.25) is 14.4 Å². The van der Waals surface area contributed by atoms with Crippen LogP contribution in [0.1, 0.15) is 284 Å². The highest BCUT2D eigenvalue weighted by molar-refractivity contribution is 5.71. The molecule has 0 N–H and O–H groups in total. The number of allylic oxidation sites excluding steroid dienone is 10. The van der Waals surface area contributed by atoms with Crippen LogP contribution in [0.15, 0.2) is 60.8 Å². The van der Waals surface area contributed by atoms with Crippen molar-refractivity contribution in [1.29, 1.82) is 0 Å². The third-order valence-corrected chi connectivity index (χ3v) is 12.3. The molecule has 1 atom stereocenters. The molecule has 0 aromatic heterocycles. The molecule has 0 fully saturated rings. The summed E-state index contributed by atoms with van der Waals surface area (Å²) in [6.45, 7) is 6.50. The summed E-state index contributed by atoms with van der Waals surface area (Å²) in [6.07, 6.45) is 68.0. The van der Waals surface area contributed by atoms with Gasteiger partial charge in [0.05, 0.1) is 0 Å². The molecule has 382 valence electrons. The van der Waals surface area contributed by atoms with Crippen LogP contribution >= 0.6 is 0 Å². The molecule has 0 rings (SSSR count). The average Bonchev–Trinajstić information content (AvgIpc) is 3.31. The maximum absolute atomic E-state index is 12.8. The van der Waals surface area contributed by atoms with Crippen molar-refractivity contribution in [2.45, 2.75) is 290 Å². The third kappa shape index (κ3) is 52.1. The maximum Gasteiger partial charge on any atom is 0.306 e. The standard InChI is InChI=1S/C60H106O6/c1-4-7-10-13-16-19-21-23-25-26-27-28-29-30-31-32-33-34-36-37-39-41-44-47-50-53-59(62)65-56-57(55-64-58(61)52-49-46-43-18-15-12-9-6-3)66-60(63)54-51-48-45-42-40-38-35-24-22-20-17-14-11-8-5-2/h7,10,16,19,23-25,27-28,35,57H,4-6,8-9,11-15,17-18,20-22,26,29-34,36-56H2,1-3H3/b10-7-,19-16-,25-23-,28-27-,35-24-. The quantitative estimate of drug-likeness (QED) is 0.0262. The molecule has 6 heteroatoms. The van der Waals surface area contributed by atoms with Crippen LogP contribution in [0.25, 0.3) is 0 Å². The summed E-state index contributed by atoms with van der Waals surface area (Å²) < 4.78 is 16.8. The van der Waals surface area contributed by atoms with E-state index in [0.717, 1.165) is 89.9 Å². The molecule has 66 heavy (non-hydrogen) atoms. The zero-order valence-electron chi connectivity index (χ0n) is 43.7. The molecular formula is C60H106O6. The van der Waals surface area contributed by atoms with Crippen molar-refractivity contribution in [1.82, 2.24) is 0 Å². The maximum atomic E-state index is 12.8. The number of carbonyl (C=O) groups is 3. The second-order valence-electron chi connectivity index (χ2n) is 18.8. The predicted molar refractivity (Wildman–Crippen MR) is 284 cm³/mol. The SMILES string of the molecule is CC/C=C\C/C=C\C/C=C\C/C=C\CCCCCCCCCCCCCCC(=O)OCC(COC(=O)CCCCCCCCCC)OC(=O)CCCCCCC/C=C\CCCCCCCC. The van der Waals surface area contributed by atoms with Crippen LogP contribution in [0.3, 0.4) is 0 Å². The minimum Gasteiger partial charge on any atom is -0.462 e. The van der Waals surface area contributed by atoms with E-state index in [0.29, 0.717) is 19.3 Å². The summed E-state index contributed by atoms with van der Waals surface area (Å²) in [7, 11) is 0. The van der Waals surface area contributed by atoms with E-state index in [1.54, 1.807) is 0 Å². The summed E-state index contributed by atoms with van der Waals surface area (Å²) in [4.78, 5) is 37.9. The molecule has 0 aliphatic heterocycles. The van der Waals surface area contributed by atoms with Crippen LogP contribution in [-0.4, -0.2) is 37.2 Å². The summed E-state index contributed by atoms with van der Waals surface area (Å²) >= 11 is 0. The van der Waals surface area contributed by atoms with Gasteiger partial charge in [0.2, 0.25) is 0 Å². The topological polar surface area (TPSA) is 78.9 Å². The molecule has 0 aliphatic carbocycles. The van der Waals surface area contributed by atoms with E-state index in [1.165, 1.54) is 154 Å². The van der Waals surface area contributed by atoms with Gasteiger partial charge in [0.1, 0.15) is 13.2 Å². The molecule has 0 aromatic rings. The lowest BCUT2D eigenvalue weighted by molar-refractivity contribution is -0.167. The number of unbranched alkanes of at least 4 members (excludes halogenated alkanes) is 30. The molecule has 0 heterocycles. The molecule has 6 nitrogen and oxygen atoms in total. The predicted octanol–water partition coefficient (Wildman–Crippen LogP) is 18.8. The highest BCUT2D eigenvalue weighted by atomic mass is 16.6. The van der Waals surface area contributed by atoms with Crippen molar-refractivity contribution < 1.29 is 28.6 Å². The molecule has 0 radical (unpaired) electrons. The molecule has 1 unspecified atom stereocenters. The third-order valence-electron chi connectivity index (χ3n) is 12.3. The van der Waals surface area contributed by atoms with Crippen LogP contribution in [0, 0.1) is 0 Å². The second kappa shape index (κ2) is 54.7. The Bertz CT molecular complexity index is 1200. The highest BCUT2D eigenvalue weighted by Gasteiger charge is 2.19. The van der Waals surface area contributed by atoms with E-state index in [4.69, 9.17) is 14.2 Å². The Kier molecular flexibility index (Phi) is 52.3. The van der Waals surface area contributed by atoms with Gasteiger partial charge in [0.15, 0.2) is 6.10 Å². The fourth-order valence-corrected chi connectivity index (χ4v) is 8.02. The minimum atomic E-state index is -0.775. The largest absolute Gasteiger partial charge is 0.462 e. The van der Waals surface area contributed by atoms with Crippen LogP contribution in [0.2, 0.25) is 0 Å². The molecule has 0 spiro atoms. The van der Waals surface area contributed by atoms with Crippen LogP contribution in [-0.2, 0) is 28.6 Å². The number of carbonyl (C=O) groups excluding carboxylic acids is 3. The van der Waals surface area contributed by atoms with Gasteiger partial charge in [-0.1, -0.05) is 242 Å². The smallest absolute Gasteiger partial charge is 0.306 e. The highest BCUT2D eigenvalue weighted by Crippen LogP contribution is 2.16. The van der Waals surface area contributed by atoms with Gasteiger partial charge >= 0.3 is 17.9 Å². The summed E-state index contributed by atoms with van der Waals surface area (Å²) in [5, 5.41) is 0. The van der Waals surface area contributed by atoms with Crippen LogP contribution < -0.4 is 0 Å². The van der Waals surface area contributed by atoms with E-state index < -0.39 is 6.10 Å². The second-order valence-corrected chi connectivity index (χ2v) is 18.8. The van der Waals surface area contributed by atoms with E-state index >= 15 is 0 Å². The molecule has 0 amide bonds. The van der Waals surface area contributed by atoms with E-state index in [-0.39, 0.29) is 31.1 Å². The number of hydrogen-bond donors (Lipinski definition) is 0. The lowest BCUT2D eigenvalue weighted by Gasteiger charge is -2.18. The first kappa shape index (κ1) is 63.1. The first-order chi connectivity index (χ1) is 32.5. The van der Waals surface area contributed by atoms with Crippen molar-refractivity contribution in [3.8, 4) is 0 Å². The Hall–Kier alpha value is -2.89. The Morgan fingerprint density at radius 1 is 0.318 bits per heavy atom. The monoisotopic (exact) mass is 923 g/mol. The first-order valence-electron chi connectivity index (χ1n) is 28.3. The summed E-state index contributed by atoms with van der Waals surface area (Å²) in [5.74, 6) is -0.881. The zero-order chi connectivity index (χ0) is 47.9. The van der Waals surface area contributed by atoms with Gasteiger partial charge in [-0.2, -0.15) is 0 Å². The normalized spacial score (nSPS) is 12.5. The average molecular weight is 924 g/mol. The van der Waals surface area contributed by atoms with Crippen molar-refractivity contribution >= 4 is 17.9 Å². The summed E-state index contributed by atoms with van der Waals surface area (Å²) in [6, 6.07) is 0. The molecule has 0 saturated heterocycles. The van der Waals surface area contributed by atoms with Gasteiger partial charge < -0.3 is 14.2 Å². The van der Waals surface area contributed by atoms with Crippen molar-refractivity contribution in [3.63, 3.8) is 0 Å². The molecular weight excluding hydrogens is 817 g/mol. The Balaban J connectivity index is 4.18. The van der Waals surface area contributed by atoms with Crippen LogP contribution in [0.5, 0.6) is 0 Å². The zero-order valence-corrected chi connectivity index (χ0v) is 43.7. The van der Waals surface area contributed by atoms with E-state index in [1.807, 2.05) is 0 Å². The number of hydrogen-bond acceptors (Lipinski definition) is 6. The fraction of sp³-hybridized carbons (Fsp3) is 0.783. The molecule has 0 bridgehead atoms. The van der Waals surface area contributed by atoms with Gasteiger partial charge in [0.25, 0.3) is 0 Å². The van der Waals surface area contributed by atoms with Crippen molar-refractivity contribution in [2.75, 3.05) is 13.2 Å². The van der Waals surface area contributed by atoms with Gasteiger partial charge in [-0.25, -0.2) is 0 Å². The number of esters is 3. The number of rotatable bonds is 51. The van der Waals surface area contributed by atoms with Crippen LogP contribution in [0.4, 0.5) is 0 Å². The molecule has 0 aliphatic rings. The first-order valence-corrected chi connectivity index (χ1v) is 28.3. The van der Waals surface area contributed by atoms with Gasteiger partial charge in [0, 0.05) is 19.3 Å². The van der Waals surface area contributed by atoms with E-state index in [2.05, 4.69) is 81.5 Å². The summed E-state index contributed by atoms with van der Waals surface area (Å²) in [5.41, 5.74) is 0. The Labute approximate surface area is 409 Å². The van der Waals surface area contributed by atoms with Gasteiger partial charge in [-0.05, 0) is 83.5 Å². The molecule has 0 saturated carbocycles. The Morgan fingerprint density at radius 3 is 0.939 bits per heavy atom. The van der Waals surface area contributed by atoms with Crippen molar-refractivity contribution in [2.24, 2.45) is 0 Å². The lowest BCUT2D eigenvalue weighted by Crippen LogP contribution is -2.30. The minimum absolute atomic E-state index is 0.0755. The Morgan fingerprint density at radius 2 is 0.591 bits per heavy atom. The van der Waals surface area contributed by atoms with Gasteiger partial charge in [-0.15, -0.1) is 0 Å².